The molecule has 2 heterocycles. The predicted molar refractivity (Wildman–Crippen MR) is 99.7 cm³/mol. The average molecular weight is 354 g/mol. The Morgan fingerprint density at radius 2 is 1.85 bits per heavy atom. The van der Waals surface area contributed by atoms with Gasteiger partial charge in [0.2, 0.25) is 0 Å². The number of ether oxygens (including phenoxy) is 1. The first-order chi connectivity index (χ1) is 12.6. The molecule has 2 aromatic rings. The van der Waals surface area contributed by atoms with Gasteiger partial charge in [-0.2, -0.15) is 0 Å². The Bertz CT molecular complexity index is 784. The minimum atomic E-state index is -0.445. The molecule has 0 atom stereocenters. The van der Waals surface area contributed by atoms with Crippen LogP contribution in [0.1, 0.15) is 20.7 Å². The predicted octanol–water partition coefficient (Wildman–Crippen LogP) is 1.87. The number of nitrogens with one attached hydrogen (secondary N) is 1. The molecule has 0 saturated carbocycles. The van der Waals surface area contributed by atoms with E-state index in [0.29, 0.717) is 16.8 Å². The van der Waals surface area contributed by atoms with E-state index in [2.05, 4.69) is 31.9 Å². The largest absolute Gasteiger partial charge is 0.465 e. The molecular formula is C19H22N4O3. The van der Waals surface area contributed by atoms with Crippen LogP contribution >= 0.6 is 0 Å². The zero-order valence-corrected chi connectivity index (χ0v) is 14.9. The molecule has 0 radical (unpaired) electrons. The van der Waals surface area contributed by atoms with Gasteiger partial charge >= 0.3 is 5.97 Å². The Morgan fingerprint density at radius 3 is 2.50 bits per heavy atom. The number of aromatic nitrogens is 1. The van der Waals surface area contributed by atoms with Crippen LogP contribution in [0.4, 0.5) is 11.5 Å². The third kappa shape index (κ3) is 4.18. The number of rotatable bonds is 4. The number of anilines is 2. The number of pyridine rings is 1. The number of nitrogens with zero attached hydrogens (tertiary/aromatic N) is 3. The molecular weight excluding hydrogens is 332 g/mol. The fourth-order valence-electron chi connectivity index (χ4n) is 2.79. The van der Waals surface area contributed by atoms with Crippen molar-refractivity contribution in [2.45, 2.75) is 0 Å². The Morgan fingerprint density at radius 1 is 1.08 bits per heavy atom. The van der Waals surface area contributed by atoms with Gasteiger partial charge in [-0.05, 0) is 37.4 Å². The van der Waals surface area contributed by atoms with Gasteiger partial charge < -0.3 is 19.9 Å². The maximum Gasteiger partial charge on any atom is 0.337 e. The smallest absolute Gasteiger partial charge is 0.337 e. The van der Waals surface area contributed by atoms with Crippen molar-refractivity contribution in [1.82, 2.24) is 9.88 Å². The Labute approximate surface area is 152 Å². The standard InChI is InChI=1S/C19H22N4O3/c1-22-8-10-23(11-9-22)17-7-6-15(13-20-17)18(24)21-16-5-3-4-14(12-16)19(25)26-2/h3-7,12-13H,8-11H2,1-2H3,(H,21,24). The third-order valence-corrected chi connectivity index (χ3v) is 4.38. The first-order valence-electron chi connectivity index (χ1n) is 8.46. The van der Waals surface area contributed by atoms with Crippen LogP contribution in [0.5, 0.6) is 0 Å². The van der Waals surface area contributed by atoms with E-state index in [1.807, 2.05) is 6.07 Å². The van der Waals surface area contributed by atoms with E-state index < -0.39 is 5.97 Å². The van der Waals surface area contributed by atoms with Gasteiger partial charge in [0.05, 0.1) is 18.2 Å². The summed E-state index contributed by atoms with van der Waals surface area (Å²) >= 11 is 0. The highest BCUT2D eigenvalue weighted by atomic mass is 16.5. The number of amides is 1. The van der Waals surface area contributed by atoms with Crippen LogP contribution < -0.4 is 10.2 Å². The van der Waals surface area contributed by atoms with Crippen molar-refractivity contribution in [3.8, 4) is 0 Å². The molecule has 0 unspecified atom stereocenters. The highest BCUT2D eigenvalue weighted by Crippen LogP contribution is 2.16. The van der Waals surface area contributed by atoms with Gasteiger partial charge in [0, 0.05) is 38.1 Å². The summed E-state index contributed by atoms with van der Waals surface area (Å²) in [5.41, 5.74) is 1.38. The molecule has 1 amide bonds. The van der Waals surface area contributed by atoms with Gasteiger partial charge in [0.15, 0.2) is 0 Å². The highest BCUT2D eigenvalue weighted by Gasteiger charge is 2.16. The Hall–Kier alpha value is -2.93. The van der Waals surface area contributed by atoms with E-state index >= 15 is 0 Å². The van der Waals surface area contributed by atoms with Crippen LogP contribution in [0.15, 0.2) is 42.6 Å². The lowest BCUT2D eigenvalue weighted by molar-refractivity contribution is 0.0600. The number of hydrogen-bond acceptors (Lipinski definition) is 6. The van der Waals surface area contributed by atoms with E-state index in [9.17, 15) is 9.59 Å². The normalized spacial score (nSPS) is 14.8. The molecule has 1 fully saturated rings. The van der Waals surface area contributed by atoms with Crippen LogP contribution in [0, 0.1) is 0 Å². The van der Waals surface area contributed by atoms with E-state index in [1.165, 1.54) is 7.11 Å². The fourth-order valence-corrected chi connectivity index (χ4v) is 2.79. The topological polar surface area (TPSA) is 74.8 Å². The van der Waals surface area contributed by atoms with Gasteiger partial charge in [0.1, 0.15) is 5.82 Å². The summed E-state index contributed by atoms with van der Waals surface area (Å²) in [6, 6.07) is 10.3. The molecule has 0 aliphatic carbocycles. The Kier molecular flexibility index (Phi) is 5.48. The van der Waals surface area contributed by atoms with Gasteiger partial charge in [-0.3, -0.25) is 4.79 Å². The first-order valence-corrected chi connectivity index (χ1v) is 8.46. The maximum atomic E-state index is 12.4. The minimum Gasteiger partial charge on any atom is -0.465 e. The number of hydrogen-bond donors (Lipinski definition) is 1. The van der Waals surface area contributed by atoms with Gasteiger partial charge in [-0.25, -0.2) is 9.78 Å². The van der Waals surface area contributed by atoms with Crippen LogP contribution in [0.3, 0.4) is 0 Å². The third-order valence-electron chi connectivity index (χ3n) is 4.38. The van der Waals surface area contributed by atoms with Crippen LogP contribution in [0.25, 0.3) is 0 Å². The second-order valence-electron chi connectivity index (χ2n) is 6.22. The fraction of sp³-hybridized carbons (Fsp3) is 0.316. The molecule has 0 spiro atoms. The van der Waals surface area contributed by atoms with Crippen molar-refractivity contribution >= 4 is 23.4 Å². The second kappa shape index (κ2) is 7.97. The highest BCUT2D eigenvalue weighted by molar-refractivity contribution is 6.04. The van der Waals surface area contributed by atoms with Crippen molar-refractivity contribution in [2.24, 2.45) is 0 Å². The second-order valence-corrected chi connectivity index (χ2v) is 6.22. The zero-order chi connectivity index (χ0) is 18.5. The van der Waals surface area contributed by atoms with Crippen molar-refractivity contribution < 1.29 is 14.3 Å². The first kappa shape index (κ1) is 17.9. The summed E-state index contributed by atoms with van der Waals surface area (Å²) in [5.74, 6) is 0.158. The summed E-state index contributed by atoms with van der Waals surface area (Å²) in [6.07, 6.45) is 1.58. The van der Waals surface area contributed by atoms with Crippen LogP contribution in [-0.4, -0.2) is 62.1 Å². The maximum absolute atomic E-state index is 12.4. The number of esters is 1. The van der Waals surface area contributed by atoms with Crippen molar-refractivity contribution in [1.29, 1.82) is 0 Å². The molecule has 1 aliphatic rings. The minimum absolute atomic E-state index is 0.274. The summed E-state index contributed by atoms with van der Waals surface area (Å²) in [6.45, 7) is 3.85. The quantitative estimate of drug-likeness (QED) is 0.845. The van der Waals surface area contributed by atoms with E-state index in [0.717, 1.165) is 32.0 Å². The lowest BCUT2D eigenvalue weighted by atomic mass is 10.2. The number of carbonyl (C=O) groups excluding carboxylic acids is 2. The van der Waals surface area contributed by atoms with E-state index in [4.69, 9.17) is 0 Å². The molecule has 7 heteroatoms. The van der Waals surface area contributed by atoms with Crippen molar-refractivity contribution in [3.63, 3.8) is 0 Å². The average Bonchev–Trinajstić information content (AvgIpc) is 2.68. The summed E-state index contributed by atoms with van der Waals surface area (Å²) in [4.78, 5) is 32.9. The molecule has 26 heavy (non-hydrogen) atoms. The summed E-state index contributed by atoms with van der Waals surface area (Å²) < 4.78 is 4.69. The molecule has 1 aliphatic heterocycles. The SMILES string of the molecule is COC(=O)c1cccc(NC(=O)c2ccc(N3CCN(C)CC3)nc2)c1. The molecule has 1 saturated heterocycles. The van der Waals surface area contributed by atoms with Gasteiger partial charge in [-0.1, -0.05) is 6.07 Å². The van der Waals surface area contributed by atoms with Crippen molar-refractivity contribution in [2.75, 3.05) is 50.6 Å². The van der Waals surface area contributed by atoms with Crippen LogP contribution in [-0.2, 0) is 4.74 Å². The van der Waals surface area contributed by atoms with Gasteiger partial charge in [0.25, 0.3) is 5.91 Å². The monoisotopic (exact) mass is 354 g/mol. The molecule has 1 aromatic heterocycles. The van der Waals surface area contributed by atoms with Crippen molar-refractivity contribution in [3.05, 3.63) is 53.7 Å². The summed E-state index contributed by atoms with van der Waals surface area (Å²) in [5, 5.41) is 2.78. The van der Waals surface area contributed by atoms with Gasteiger partial charge in [-0.15, -0.1) is 0 Å². The molecule has 7 nitrogen and oxygen atoms in total. The van der Waals surface area contributed by atoms with E-state index in [1.54, 1.807) is 36.5 Å². The van der Waals surface area contributed by atoms with E-state index in [-0.39, 0.29) is 5.91 Å². The lowest BCUT2D eigenvalue weighted by Crippen LogP contribution is -2.44. The number of methoxy groups -OCH3 is 1. The molecule has 136 valence electrons. The number of carbonyl (C=O) groups is 2. The Balaban J connectivity index is 1.66. The molecule has 0 bridgehead atoms. The number of likely N-dealkylation sites (N-methyl/N-ethyl adjacent to an activating group) is 1. The number of piperazine rings is 1. The molecule has 3 rings (SSSR count). The zero-order valence-electron chi connectivity index (χ0n) is 14.9. The molecule has 1 N–H and O–H groups in total. The lowest BCUT2D eigenvalue weighted by Gasteiger charge is -2.33. The molecule has 1 aromatic carbocycles. The van der Waals surface area contributed by atoms with Crippen LogP contribution in [0.2, 0.25) is 0 Å². The number of benzene rings is 1. The summed E-state index contributed by atoms with van der Waals surface area (Å²) in [7, 11) is 3.43.